The van der Waals surface area contributed by atoms with Crippen molar-refractivity contribution in [2.75, 3.05) is 5.32 Å². The monoisotopic (exact) mass is 287 g/mol. The molecule has 2 aromatic rings. The lowest BCUT2D eigenvalue weighted by atomic mass is 10.1. The number of anilines is 1. The summed E-state index contributed by atoms with van der Waals surface area (Å²) in [5, 5.41) is 11.8. The number of hydrogen-bond donors (Lipinski definition) is 2. The number of carbonyl (C=O) groups is 1. The van der Waals surface area contributed by atoms with Gasteiger partial charge in [0.15, 0.2) is 0 Å². The molecule has 0 spiro atoms. The van der Waals surface area contributed by atoms with Crippen molar-refractivity contribution in [3.63, 3.8) is 0 Å². The second-order valence-electron chi connectivity index (χ2n) is 4.92. The number of phenols is 1. The Morgan fingerprint density at radius 2 is 1.90 bits per heavy atom. The van der Waals surface area contributed by atoms with Crippen LogP contribution in [0.4, 0.5) is 10.1 Å². The number of nitrogens with one attached hydrogen (secondary N) is 1. The van der Waals surface area contributed by atoms with Crippen LogP contribution in [0.5, 0.6) is 5.75 Å². The lowest BCUT2D eigenvalue weighted by molar-refractivity contribution is 0.102. The highest BCUT2D eigenvalue weighted by Gasteiger charge is 2.12. The third kappa shape index (κ3) is 4.05. The van der Waals surface area contributed by atoms with E-state index < -0.39 is 11.7 Å². The number of carbonyl (C=O) groups excluding carboxylic acids is 1. The molecule has 1 amide bonds. The minimum Gasteiger partial charge on any atom is -0.508 e. The SMILES string of the molecule is CCCCc1ccc(NC(=O)c2ccc(O)cc2F)cc1. The van der Waals surface area contributed by atoms with Crippen LogP contribution in [-0.4, -0.2) is 11.0 Å². The standard InChI is InChI=1S/C17H18FNO2/c1-2-3-4-12-5-7-13(8-6-12)19-17(21)15-10-9-14(20)11-16(15)18/h5-11,20H,2-4H2,1H3,(H,19,21). The van der Waals surface area contributed by atoms with Crippen molar-refractivity contribution < 1.29 is 14.3 Å². The molecule has 0 atom stereocenters. The molecular weight excluding hydrogens is 269 g/mol. The minimum atomic E-state index is -0.743. The number of aromatic hydroxyl groups is 1. The van der Waals surface area contributed by atoms with Crippen LogP contribution < -0.4 is 5.32 Å². The van der Waals surface area contributed by atoms with Crippen LogP contribution in [0, 0.1) is 5.82 Å². The Labute approximate surface area is 123 Å². The Bertz CT molecular complexity index is 623. The Balaban J connectivity index is 2.05. The quantitative estimate of drug-likeness (QED) is 0.868. The van der Waals surface area contributed by atoms with Gasteiger partial charge in [0, 0.05) is 11.8 Å². The summed E-state index contributed by atoms with van der Waals surface area (Å²) in [4.78, 5) is 12.0. The zero-order valence-electron chi connectivity index (χ0n) is 11.9. The largest absolute Gasteiger partial charge is 0.508 e. The van der Waals surface area contributed by atoms with Gasteiger partial charge in [0.2, 0.25) is 0 Å². The minimum absolute atomic E-state index is 0.0946. The maximum absolute atomic E-state index is 13.6. The van der Waals surface area contributed by atoms with Gasteiger partial charge in [-0.25, -0.2) is 4.39 Å². The van der Waals surface area contributed by atoms with Crippen LogP contribution in [0.25, 0.3) is 0 Å². The molecule has 3 nitrogen and oxygen atoms in total. The van der Waals surface area contributed by atoms with Crippen LogP contribution >= 0.6 is 0 Å². The number of hydrogen-bond acceptors (Lipinski definition) is 2. The lowest BCUT2D eigenvalue weighted by Crippen LogP contribution is -2.13. The Morgan fingerprint density at radius 3 is 2.52 bits per heavy atom. The fourth-order valence-corrected chi connectivity index (χ4v) is 2.02. The Morgan fingerprint density at radius 1 is 1.19 bits per heavy atom. The van der Waals surface area contributed by atoms with E-state index in [1.807, 2.05) is 12.1 Å². The predicted octanol–water partition coefficient (Wildman–Crippen LogP) is 4.13. The molecule has 0 bridgehead atoms. The van der Waals surface area contributed by atoms with Crippen molar-refractivity contribution in [3.8, 4) is 5.75 Å². The molecule has 110 valence electrons. The van der Waals surface area contributed by atoms with Crippen LogP contribution in [0.1, 0.15) is 35.7 Å². The summed E-state index contributed by atoms with van der Waals surface area (Å²) in [7, 11) is 0. The van der Waals surface area contributed by atoms with E-state index in [0.29, 0.717) is 5.69 Å². The topological polar surface area (TPSA) is 49.3 Å². The highest BCUT2D eigenvalue weighted by Crippen LogP contribution is 2.17. The van der Waals surface area contributed by atoms with E-state index in [0.717, 1.165) is 25.3 Å². The summed E-state index contributed by atoms with van der Waals surface area (Å²) in [6.45, 7) is 2.14. The fourth-order valence-electron chi connectivity index (χ4n) is 2.02. The Hall–Kier alpha value is -2.36. The van der Waals surface area contributed by atoms with E-state index in [1.54, 1.807) is 12.1 Å². The number of rotatable bonds is 5. The normalized spacial score (nSPS) is 10.4. The van der Waals surface area contributed by atoms with E-state index in [9.17, 15) is 9.18 Å². The summed E-state index contributed by atoms with van der Waals surface area (Å²) in [6.07, 6.45) is 3.28. The first-order valence-electron chi connectivity index (χ1n) is 6.99. The van der Waals surface area contributed by atoms with Gasteiger partial charge in [-0.15, -0.1) is 0 Å². The zero-order valence-corrected chi connectivity index (χ0v) is 11.9. The van der Waals surface area contributed by atoms with Gasteiger partial charge in [0.25, 0.3) is 5.91 Å². The van der Waals surface area contributed by atoms with Crippen molar-refractivity contribution >= 4 is 11.6 Å². The van der Waals surface area contributed by atoms with Crippen molar-refractivity contribution in [2.24, 2.45) is 0 Å². The van der Waals surface area contributed by atoms with E-state index in [4.69, 9.17) is 5.11 Å². The maximum Gasteiger partial charge on any atom is 0.258 e. The number of unbranched alkanes of at least 4 members (excludes halogenated alkanes) is 1. The van der Waals surface area contributed by atoms with Gasteiger partial charge >= 0.3 is 0 Å². The van der Waals surface area contributed by atoms with Crippen molar-refractivity contribution in [1.29, 1.82) is 0 Å². The summed E-state index contributed by atoms with van der Waals surface area (Å²) in [6, 6.07) is 11.0. The first kappa shape index (κ1) is 15.0. The maximum atomic E-state index is 13.6. The number of halogens is 1. The molecule has 2 rings (SSSR count). The first-order valence-corrected chi connectivity index (χ1v) is 6.99. The average Bonchev–Trinajstić information content (AvgIpc) is 2.46. The van der Waals surface area contributed by atoms with Gasteiger partial charge in [-0.3, -0.25) is 4.79 Å². The molecule has 0 aliphatic rings. The summed E-state index contributed by atoms with van der Waals surface area (Å²) in [5.74, 6) is -1.48. The summed E-state index contributed by atoms with van der Waals surface area (Å²) in [5.41, 5.74) is 1.74. The van der Waals surface area contributed by atoms with Gasteiger partial charge in [-0.2, -0.15) is 0 Å². The lowest BCUT2D eigenvalue weighted by Gasteiger charge is -2.07. The summed E-state index contributed by atoms with van der Waals surface area (Å²) < 4.78 is 13.6. The third-order valence-corrected chi connectivity index (χ3v) is 3.23. The molecule has 0 radical (unpaired) electrons. The number of phenolic OH excluding ortho intramolecular Hbond substituents is 1. The van der Waals surface area contributed by atoms with E-state index in [-0.39, 0.29) is 11.3 Å². The van der Waals surface area contributed by atoms with E-state index in [1.165, 1.54) is 17.7 Å². The zero-order chi connectivity index (χ0) is 15.2. The van der Waals surface area contributed by atoms with Crippen LogP contribution in [0.2, 0.25) is 0 Å². The molecule has 0 aromatic heterocycles. The molecule has 2 N–H and O–H groups in total. The molecule has 21 heavy (non-hydrogen) atoms. The van der Waals surface area contributed by atoms with Gasteiger partial charge in [-0.1, -0.05) is 25.5 Å². The molecule has 0 unspecified atom stereocenters. The van der Waals surface area contributed by atoms with Crippen LogP contribution in [0.15, 0.2) is 42.5 Å². The van der Waals surface area contributed by atoms with Crippen LogP contribution in [0.3, 0.4) is 0 Å². The number of aryl methyl sites for hydroxylation is 1. The number of amides is 1. The highest BCUT2D eigenvalue weighted by molar-refractivity contribution is 6.04. The van der Waals surface area contributed by atoms with Crippen molar-refractivity contribution in [2.45, 2.75) is 26.2 Å². The molecule has 0 saturated heterocycles. The molecule has 0 fully saturated rings. The Kier molecular flexibility index (Phi) is 4.93. The van der Waals surface area contributed by atoms with Gasteiger partial charge in [0.05, 0.1) is 5.56 Å². The predicted molar refractivity (Wildman–Crippen MR) is 81.1 cm³/mol. The summed E-state index contributed by atoms with van der Waals surface area (Å²) >= 11 is 0. The second-order valence-corrected chi connectivity index (χ2v) is 4.92. The van der Waals surface area contributed by atoms with E-state index in [2.05, 4.69) is 12.2 Å². The molecular formula is C17H18FNO2. The molecule has 0 saturated carbocycles. The highest BCUT2D eigenvalue weighted by atomic mass is 19.1. The van der Waals surface area contributed by atoms with Crippen LogP contribution in [-0.2, 0) is 6.42 Å². The molecule has 2 aromatic carbocycles. The van der Waals surface area contributed by atoms with Crippen molar-refractivity contribution in [1.82, 2.24) is 0 Å². The van der Waals surface area contributed by atoms with Crippen molar-refractivity contribution in [3.05, 3.63) is 59.4 Å². The molecule has 0 aliphatic carbocycles. The fraction of sp³-hybridized carbons (Fsp3) is 0.235. The molecule has 0 aliphatic heterocycles. The van der Waals surface area contributed by atoms with E-state index >= 15 is 0 Å². The smallest absolute Gasteiger partial charge is 0.258 e. The third-order valence-electron chi connectivity index (χ3n) is 3.23. The van der Waals surface area contributed by atoms with Gasteiger partial charge in [0.1, 0.15) is 11.6 Å². The molecule has 0 heterocycles. The first-order chi connectivity index (χ1) is 10.1. The van der Waals surface area contributed by atoms with Gasteiger partial charge in [-0.05, 0) is 42.7 Å². The number of benzene rings is 2. The second kappa shape index (κ2) is 6.88. The average molecular weight is 287 g/mol. The molecule has 4 heteroatoms. The van der Waals surface area contributed by atoms with Gasteiger partial charge < -0.3 is 10.4 Å².